The summed E-state index contributed by atoms with van der Waals surface area (Å²) < 4.78 is 3.61. The van der Waals surface area contributed by atoms with Crippen molar-refractivity contribution in [1.82, 2.24) is 44.6 Å². The minimum absolute atomic E-state index is 0.230. The lowest BCUT2D eigenvalue weighted by atomic mass is 10.2. The van der Waals surface area contributed by atoms with Crippen LogP contribution in [0, 0.1) is 13.8 Å². The van der Waals surface area contributed by atoms with Gasteiger partial charge in [-0.15, -0.1) is 16.4 Å². The van der Waals surface area contributed by atoms with Gasteiger partial charge in [0.25, 0.3) is 5.91 Å². The van der Waals surface area contributed by atoms with Crippen LogP contribution in [0.4, 0.5) is 0 Å². The van der Waals surface area contributed by atoms with E-state index in [1.165, 1.54) is 0 Å². The van der Waals surface area contributed by atoms with Crippen LogP contribution < -0.4 is 5.32 Å². The highest BCUT2D eigenvalue weighted by atomic mass is 32.1. The van der Waals surface area contributed by atoms with E-state index in [4.69, 9.17) is 0 Å². The lowest BCUT2D eigenvalue weighted by Gasteiger charge is -2.11. The van der Waals surface area contributed by atoms with E-state index in [0.29, 0.717) is 29.3 Å². The minimum atomic E-state index is -0.230. The van der Waals surface area contributed by atoms with Gasteiger partial charge in [-0.3, -0.25) is 9.20 Å². The maximum atomic E-state index is 13.1. The van der Waals surface area contributed by atoms with E-state index in [-0.39, 0.29) is 5.91 Å². The fourth-order valence-corrected chi connectivity index (χ4v) is 4.25. The van der Waals surface area contributed by atoms with Crippen LogP contribution in [0.25, 0.3) is 22.0 Å². The van der Waals surface area contributed by atoms with Crippen molar-refractivity contribution in [3.05, 3.63) is 70.8 Å². The molecule has 1 N–H and O–H groups in total. The number of pyridine rings is 1. The van der Waals surface area contributed by atoms with Gasteiger partial charge in [0.15, 0.2) is 5.65 Å². The lowest BCUT2D eigenvalue weighted by molar-refractivity contribution is 0.0950. The molecule has 0 saturated carbocycles. The van der Waals surface area contributed by atoms with E-state index in [2.05, 4.69) is 35.6 Å². The van der Waals surface area contributed by atoms with Crippen molar-refractivity contribution in [1.29, 1.82) is 0 Å². The van der Waals surface area contributed by atoms with E-state index >= 15 is 0 Å². The Morgan fingerprint density at radius 2 is 1.88 bits per heavy atom. The van der Waals surface area contributed by atoms with Crippen molar-refractivity contribution in [2.75, 3.05) is 0 Å². The molecule has 0 spiro atoms. The van der Waals surface area contributed by atoms with Crippen molar-refractivity contribution < 1.29 is 4.79 Å². The van der Waals surface area contributed by atoms with Gasteiger partial charge in [-0.2, -0.15) is 0 Å². The van der Waals surface area contributed by atoms with Crippen LogP contribution >= 0.6 is 11.3 Å². The number of amides is 1. The summed E-state index contributed by atoms with van der Waals surface area (Å²) in [4.78, 5) is 31.7. The summed E-state index contributed by atoms with van der Waals surface area (Å²) in [6.45, 7) is 6.17. The molecular weight excluding hydrogens is 438 g/mol. The topological polar surface area (TPSA) is 116 Å². The van der Waals surface area contributed by atoms with Crippen LogP contribution in [0.1, 0.15) is 39.2 Å². The first-order valence-electron chi connectivity index (χ1n) is 10.4. The summed E-state index contributed by atoms with van der Waals surface area (Å²) in [5, 5.41) is 12.1. The van der Waals surface area contributed by atoms with Crippen LogP contribution in [0.5, 0.6) is 0 Å². The Labute approximate surface area is 193 Å². The largest absolute Gasteiger partial charge is 0.348 e. The van der Waals surface area contributed by atoms with E-state index in [0.717, 1.165) is 33.3 Å². The lowest BCUT2D eigenvalue weighted by Crippen LogP contribution is -2.24. The summed E-state index contributed by atoms with van der Waals surface area (Å²) >= 11 is 1.57. The predicted octanol–water partition coefficient (Wildman–Crippen LogP) is 2.94. The SMILES string of the molecule is CCc1cnnn1-c1cc(C(=O)NCc2cnc(C)nc2)cn2c(-c3ncc(C)s3)cnc12. The van der Waals surface area contributed by atoms with Crippen LogP contribution in [-0.2, 0) is 13.0 Å². The summed E-state index contributed by atoms with van der Waals surface area (Å²) in [6.07, 6.45) is 11.2. The Balaban J connectivity index is 1.59. The Morgan fingerprint density at radius 1 is 1.06 bits per heavy atom. The van der Waals surface area contributed by atoms with E-state index in [9.17, 15) is 4.79 Å². The van der Waals surface area contributed by atoms with Gasteiger partial charge in [0.05, 0.1) is 23.7 Å². The van der Waals surface area contributed by atoms with E-state index < -0.39 is 0 Å². The molecule has 5 aromatic heterocycles. The second-order valence-corrected chi connectivity index (χ2v) is 8.77. The number of imidazole rings is 1. The van der Waals surface area contributed by atoms with Crippen LogP contribution in [0.2, 0.25) is 0 Å². The zero-order valence-electron chi connectivity index (χ0n) is 18.3. The van der Waals surface area contributed by atoms with E-state index in [1.54, 1.807) is 53.1 Å². The highest BCUT2D eigenvalue weighted by Gasteiger charge is 2.19. The molecule has 0 fully saturated rings. The molecular formula is C22H21N9OS. The van der Waals surface area contributed by atoms with Gasteiger partial charge in [0.2, 0.25) is 0 Å². The number of aryl methyl sites for hydroxylation is 3. The maximum absolute atomic E-state index is 13.1. The van der Waals surface area contributed by atoms with Gasteiger partial charge in [-0.1, -0.05) is 12.1 Å². The Bertz CT molecular complexity index is 1450. The van der Waals surface area contributed by atoms with Crippen molar-refractivity contribution in [2.45, 2.75) is 33.7 Å². The number of carbonyl (C=O) groups excluding carboxylic acids is 1. The fraction of sp³-hybridized carbons (Fsp3) is 0.227. The number of nitrogens with one attached hydrogen (secondary N) is 1. The molecule has 0 atom stereocenters. The zero-order valence-corrected chi connectivity index (χ0v) is 19.2. The second kappa shape index (κ2) is 8.51. The molecule has 33 heavy (non-hydrogen) atoms. The highest BCUT2D eigenvalue weighted by Crippen LogP contribution is 2.28. The number of fused-ring (bicyclic) bond motifs is 1. The number of hydrogen-bond donors (Lipinski definition) is 1. The molecule has 0 aliphatic carbocycles. The summed E-state index contributed by atoms with van der Waals surface area (Å²) in [5.41, 5.74) is 4.36. The first kappa shape index (κ1) is 20.9. The van der Waals surface area contributed by atoms with Crippen molar-refractivity contribution in [3.8, 4) is 16.4 Å². The molecule has 5 heterocycles. The van der Waals surface area contributed by atoms with E-state index in [1.807, 2.05) is 31.4 Å². The summed E-state index contributed by atoms with van der Waals surface area (Å²) in [5.74, 6) is 0.455. The Morgan fingerprint density at radius 3 is 2.61 bits per heavy atom. The van der Waals surface area contributed by atoms with Crippen LogP contribution in [0.3, 0.4) is 0 Å². The van der Waals surface area contributed by atoms with Crippen molar-refractivity contribution in [2.24, 2.45) is 0 Å². The first-order valence-corrected chi connectivity index (χ1v) is 11.2. The molecule has 10 nitrogen and oxygen atoms in total. The molecule has 5 aromatic rings. The maximum Gasteiger partial charge on any atom is 0.253 e. The molecule has 0 aliphatic rings. The third-order valence-corrected chi connectivity index (χ3v) is 6.12. The standard InChI is InChI=1S/C22H21N9OS/c1-4-17-10-28-29-31(17)18-5-16(21(32)26-9-15-7-23-14(3)24-8-15)12-30-19(11-25-20(18)30)22-27-6-13(2)33-22/h5-8,10-12H,4,9H2,1-3H3,(H,26,32). The number of aromatic nitrogens is 8. The quantitative estimate of drug-likeness (QED) is 0.415. The van der Waals surface area contributed by atoms with Gasteiger partial charge in [0, 0.05) is 41.8 Å². The number of hydrogen-bond acceptors (Lipinski definition) is 8. The molecule has 0 saturated heterocycles. The summed E-state index contributed by atoms with van der Waals surface area (Å²) in [7, 11) is 0. The average molecular weight is 460 g/mol. The average Bonchev–Trinajstić information content (AvgIpc) is 3.56. The van der Waals surface area contributed by atoms with Gasteiger partial charge in [0.1, 0.15) is 22.2 Å². The normalized spacial score (nSPS) is 11.2. The molecule has 0 unspecified atom stereocenters. The second-order valence-electron chi connectivity index (χ2n) is 7.54. The Hall–Kier alpha value is -3.99. The smallest absolute Gasteiger partial charge is 0.253 e. The minimum Gasteiger partial charge on any atom is -0.348 e. The third kappa shape index (κ3) is 3.98. The molecule has 5 rings (SSSR count). The molecule has 166 valence electrons. The number of rotatable bonds is 6. The van der Waals surface area contributed by atoms with Gasteiger partial charge >= 0.3 is 0 Å². The fourth-order valence-electron chi connectivity index (χ4n) is 3.48. The first-order chi connectivity index (χ1) is 16.0. The van der Waals surface area contributed by atoms with Crippen molar-refractivity contribution >= 4 is 22.9 Å². The van der Waals surface area contributed by atoms with Gasteiger partial charge in [-0.25, -0.2) is 24.6 Å². The van der Waals surface area contributed by atoms with Gasteiger partial charge < -0.3 is 5.32 Å². The molecule has 0 radical (unpaired) electrons. The summed E-state index contributed by atoms with van der Waals surface area (Å²) in [6, 6.07) is 1.79. The molecule has 0 bridgehead atoms. The number of thiazole rings is 1. The zero-order chi connectivity index (χ0) is 22.9. The number of carbonyl (C=O) groups is 1. The molecule has 11 heteroatoms. The molecule has 0 aromatic carbocycles. The molecule has 0 aliphatic heterocycles. The monoisotopic (exact) mass is 459 g/mol. The van der Waals surface area contributed by atoms with Crippen LogP contribution in [0.15, 0.2) is 43.2 Å². The molecule has 1 amide bonds. The van der Waals surface area contributed by atoms with Gasteiger partial charge in [-0.05, 0) is 26.3 Å². The number of nitrogens with zero attached hydrogens (tertiary/aromatic N) is 8. The van der Waals surface area contributed by atoms with Crippen LogP contribution in [-0.4, -0.2) is 45.2 Å². The highest BCUT2D eigenvalue weighted by molar-refractivity contribution is 7.14. The Kier molecular flexibility index (Phi) is 5.38. The third-order valence-electron chi connectivity index (χ3n) is 5.19. The predicted molar refractivity (Wildman–Crippen MR) is 123 cm³/mol. The van der Waals surface area contributed by atoms with Crippen molar-refractivity contribution in [3.63, 3.8) is 0 Å².